The van der Waals surface area contributed by atoms with Crippen LogP contribution in [0.25, 0.3) is 21.9 Å². The summed E-state index contributed by atoms with van der Waals surface area (Å²) in [6, 6.07) is 15.1. The van der Waals surface area contributed by atoms with E-state index in [2.05, 4.69) is 4.98 Å². The molecule has 0 aliphatic carbocycles. The smallest absolute Gasteiger partial charge is 0.269 e. The Hall–Kier alpha value is -2.99. The molecule has 0 fully saturated rings. The van der Waals surface area contributed by atoms with Crippen molar-refractivity contribution < 1.29 is 13.2 Å². The van der Waals surface area contributed by atoms with Gasteiger partial charge in [0, 0.05) is 22.5 Å². The van der Waals surface area contributed by atoms with Crippen LogP contribution in [0.1, 0.15) is 15.9 Å². The Balaban J connectivity index is 2.18. The molecule has 0 atom stereocenters. The first-order valence-corrected chi connectivity index (χ1v) is 9.13. The van der Waals surface area contributed by atoms with Crippen LogP contribution in [-0.4, -0.2) is 23.7 Å². The van der Waals surface area contributed by atoms with Crippen molar-refractivity contribution in [1.29, 1.82) is 0 Å². The summed E-state index contributed by atoms with van der Waals surface area (Å²) < 4.78 is 27.7. The molecule has 0 spiro atoms. The summed E-state index contributed by atoms with van der Waals surface area (Å²) in [6.45, 7) is 1.89. The van der Waals surface area contributed by atoms with E-state index in [4.69, 9.17) is 0 Å². The van der Waals surface area contributed by atoms with Crippen LogP contribution in [0.15, 0.2) is 65.7 Å². The van der Waals surface area contributed by atoms with Crippen molar-refractivity contribution in [3.63, 3.8) is 0 Å². The van der Waals surface area contributed by atoms with Crippen molar-refractivity contribution in [2.75, 3.05) is 0 Å². The molecule has 0 aliphatic rings. The first-order valence-electron chi connectivity index (χ1n) is 7.69. The highest BCUT2D eigenvalue weighted by Crippen LogP contribution is 2.32. The fraction of sp³-hybridized carbons (Fsp3) is 0.0526. The number of aldehydes is 1. The first-order chi connectivity index (χ1) is 12.0. The molecule has 2 aromatic carbocycles. The molecule has 5 nitrogen and oxygen atoms in total. The number of aryl methyl sites for hydroxylation is 1. The first kappa shape index (κ1) is 15.5. The Morgan fingerprint density at radius 1 is 1.00 bits per heavy atom. The van der Waals surface area contributed by atoms with Gasteiger partial charge >= 0.3 is 0 Å². The number of benzene rings is 2. The summed E-state index contributed by atoms with van der Waals surface area (Å²) in [4.78, 5) is 15.7. The topological polar surface area (TPSA) is 69.0 Å². The molecule has 0 N–H and O–H groups in total. The molecule has 124 valence electrons. The van der Waals surface area contributed by atoms with Gasteiger partial charge in [0.15, 0.2) is 5.65 Å². The molecule has 0 aliphatic heterocycles. The standard InChI is InChI=1S/C19H14N2O3S/c1-13-9-17-16-10-14(12-22)7-8-18(16)21(19(17)20-11-13)25(23,24)15-5-3-2-4-6-15/h2-12H,1H3. The summed E-state index contributed by atoms with van der Waals surface area (Å²) in [7, 11) is -3.82. The summed E-state index contributed by atoms with van der Waals surface area (Å²) in [5.74, 6) is 0. The summed E-state index contributed by atoms with van der Waals surface area (Å²) in [6.07, 6.45) is 2.39. The highest BCUT2D eigenvalue weighted by molar-refractivity contribution is 7.90. The average Bonchev–Trinajstić information content (AvgIpc) is 2.96. The summed E-state index contributed by atoms with van der Waals surface area (Å²) in [5.41, 5.74) is 2.26. The van der Waals surface area contributed by atoms with Gasteiger partial charge in [0.25, 0.3) is 10.0 Å². The molecule has 25 heavy (non-hydrogen) atoms. The number of carbonyl (C=O) groups is 1. The number of aromatic nitrogens is 2. The molecule has 0 bridgehead atoms. The maximum atomic E-state index is 13.2. The normalized spacial score (nSPS) is 11.9. The maximum Gasteiger partial charge on any atom is 0.269 e. The second kappa shape index (κ2) is 5.53. The van der Waals surface area contributed by atoms with Gasteiger partial charge in [0.05, 0.1) is 10.4 Å². The van der Waals surface area contributed by atoms with E-state index in [9.17, 15) is 13.2 Å². The van der Waals surface area contributed by atoms with Gasteiger partial charge in [0.2, 0.25) is 0 Å². The van der Waals surface area contributed by atoms with Gasteiger partial charge in [-0.05, 0) is 48.9 Å². The fourth-order valence-electron chi connectivity index (χ4n) is 3.00. The molecule has 0 saturated heterocycles. The van der Waals surface area contributed by atoms with Crippen LogP contribution in [0.2, 0.25) is 0 Å². The van der Waals surface area contributed by atoms with Gasteiger partial charge in [-0.15, -0.1) is 0 Å². The number of pyridine rings is 1. The van der Waals surface area contributed by atoms with E-state index in [-0.39, 0.29) is 4.90 Å². The predicted molar refractivity (Wildman–Crippen MR) is 96.4 cm³/mol. The molecule has 6 heteroatoms. The minimum Gasteiger partial charge on any atom is -0.298 e. The third-order valence-corrected chi connectivity index (χ3v) is 5.86. The Bertz CT molecular complexity index is 1230. The Morgan fingerprint density at radius 2 is 1.76 bits per heavy atom. The summed E-state index contributed by atoms with van der Waals surface area (Å²) >= 11 is 0. The van der Waals surface area contributed by atoms with Crippen LogP contribution in [0, 0.1) is 6.92 Å². The van der Waals surface area contributed by atoms with Gasteiger partial charge in [-0.2, -0.15) is 0 Å². The number of carbonyl (C=O) groups excluding carboxylic acids is 1. The van der Waals surface area contributed by atoms with Gasteiger partial charge in [0.1, 0.15) is 6.29 Å². The zero-order valence-corrected chi connectivity index (χ0v) is 14.2. The van der Waals surface area contributed by atoms with Crippen molar-refractivity contribution >= 4 is 38.2 Å². The lowest BCUT2D eigenvalue weighted by Crippen LogP contribution is -2.13. The molecular formula is C19H14N2O3S. The molecule has 0 unspecified atom stereocenters. The third-order valence-electron chi connectivity index (χ3n) is 4.14. The number of fused-ring (bicyclic) bond motifs is 3. The van der Waals surface area contributed by atoms with E-state index in [0.717, 1.165) is 11.8 Å². The fourth-order valence-corrected chi connectivity index (χ4v) is 4.50. The molecule has 2 aromatic heterocycles. The zero-order chi connectivity index (χ0) is 17.6. The number of hydrogen-bond acceptors (Lipinski definition) is 4. The largest absolute Gasteiger partial charge is 0.298 e. The molecule has 0 amide bonds. The summed E-state index contributed by atoms with van der Waals surface area (Å²) in [5, 5.41) is 1.40. The van der Waals surface area contributed by atoms with E-state index >= 15 is 0 Å². The van der Waals surface area contributed by atoms with Crippen molar-refractivity contribution in [1.82, 2.24) is 8.96 Å². The van der Waals surface area contributed by atoms with Crippen LogP contribution < -0.4 is 0 Å². The molecule has 4 aromatic rings. The van der Waals surface area contributed by atoms with Crippen LogP contribution in [0.4, 0.5) is 0 Å². The highest BCUT2D eigenvalue weighted by atomic mass is 32.2. The number of hydrogen-bond donors (Lipinski definition) is 0. The van der Waals surface area contributed by atoms with E-state index < -0.39 is 10.0 Å². The monoisotopic (exact) mass is 350 g/mol. The lowest BCUT2D eigenvalue weighted by Gasteiger charge is -2.08. The van der Waals surface area contributed by atoms with Crippen molar-refractivity contribution in [3.05, 3.63) is 71.9 Å². The molecule has 0 saturated carbocycles. The van der Waals surface area contributed by atoms with Gasteiger partial charge in [-0.3, -0.25) is 4.79 Å². The molecule has 0 radical (unpaired) electrons. The Labute approximate surface area is 144 Å². The number of rotatable bonds is 3. The average molecular weight is 350 g/mol. The van der Waals surface area contributed by atoms with E-state index in [1.807, 2.05) is 13.0 Å². The quantitative estimate of drug-likeness (QED) is 0.530. The minimum absolute atomic E-state index is 0.190. The Kier molecular flexibility index (Phi) is 3.43. The molecule has 4 rings (SSSR count). The zero-order valence-electron chi connectivity index (χ0n) is 13.4. The van der Waals surface area contributed by atoms with Crippen molar-refractivity contribution in [2.24, 2.45) is 0 Å². The van der Waals surface area contributed by atoms with E-state index in [1.54, 1.807) is 54.7 Å². The van der Waals surface area contributed by atoms with E-state index in [1.165, 1.54) is 3.97 Å². The maximum absolute atomic E-state index is 13.2. The van der Waals surface area contributed by atoms with Crippen molar-refractivity contribution in [2.45, 2.75) is 11.8 Å². The predicted octanol–water partition coefficient (Wildman–Crippen LogP) is 3.55. The van der Waals surface area contributed by atoms with Gasteiger partial charge in [-0.1, -0.05) is 18.2 Å². The highest BCUT2D eigenvalue weighted by Gasteiger charge is 2.24. The minimum atomic E-state index is -3.82. The molecule has 2 heterocycles. The van der Waals surface area contributed by atoms with Crippen molar-refractivity contribution in [3.8, 4) is 0 Å². The van der Waals surface area contributed by atoms with Gasteiger partial charge < -0.3 is 0 Å². The lowest BCUT2D eigenvalue weighted by molar-refractivity contribution is 0.112. The van der Waals surface area contributed by atoms with E-state index in [0.29, 0.717) is 27.5 Å². The second-order valence-corrected chi connectivity index (χ2v) is 7.65. The SMILES string of the molecule is Cc1cnc2c(c1)c1cc(C=O)ccc1n2S(=O)(=O)c1ccccc1. The molecular weight excluding hydrogens is 336 g/mol. The Morgan fingerprint density at radius 3 is 2.48 bits per heavy atom. The number of nitrogens with zero attached hydrogens (tertiary/aromatic N) is 2. The van der Waals surface area contributed by atoms with Gasteiger partial charge in [-0.25, -0.2) is 17.4 Å². The van der Waals surface area contributed by atoms with Crippen LogP contribution >= 0.6 is 0 Å². The second-order valence-electron chi connectivity index (χ2n) is 5.86. The van der Waals surface area contributed by atoms with Crippen LogP contribution in [0.5, 0.6) is 0 Å². The lowest BCUT2D eigenvalue weighted by atomic mass is 10.1. The third kappa shape index (κ3) is 2.34. The van der Waals surface area contributed by atoms with Crippen LogP contribution in [-0.2, 0) is 10.0 Å². The van der Waals surface area contributed by atoms with Crippen LogP contribution in [0.3, 0.4) is 0 Å².